The quantitative estimate of drug-likeness (QED) is 0.919. The summed E-state index contributed by atoms with van der Waals surface area (Å²) >= 11 is 0. The van der Waals surface area contributed by atoms with Gasteiger partial charge in [0.25, 0.3) is 0 Å². The number of amides is 2. The van der Waals surface area contributed by atoms with E-state index in [4.69, 9.17) is 4.74 Å². The highest BCUT2D eigenvalue weighted by Gasteiger charge is 2.18. The van der Waals surface area contributed by atoms with Gasteiger partial charge in [-0.3, -0.25) is 4.90 Å². The fourth-order valence-corrected chi connectivity index (χ4v) is 3.08. The molecule has 1 aliphatic heterocycles. The third kappa shape index (κ3) is 4.12. The van der Waals surface area contributed by atoms with Crippen LogP contribution < -0.4 is 15.1 Å². The molecule has 2 aromatic carbocycles. The maximum Gasteiger partial charge on any atom is 0.326 e. The van der Waals surface area contributed by atoms with Crippen molar-refractivity contribution in [3.8, 4) is 0 Å². The number of nitrogens with one attached hydrogen (secondary N) is 1. The third-order valence-electron chi connectivity index (χ3n) is 4.37. The van der Waals surface area contributed by atoms with Crippen molar-refractivity contribution < 1.29 is 9.53 Å². The molecule has 2 aromatic rings. The Hall–Kier alpha value is -2.53. The van der Waals surface area contributed by atoms with E-state index in [2.05, 4.69) is 10.2 Å². The summed E-state index contributed by atoms with van der Waals surface area (Å²) in [6, 6.07) is 15.8. The highest BCUT2D eigenvalue weighted by molar-refractivity contribution is 6.03. The van der Waals surface area contributed by atoms with Gasteiger partial charge in [-0.1, -0.05) is 24.3 Å². The van der Waals surface area contributed by atoms with E-state index in [1.807, 2.05) is 62.4 Å². The summed E-state index contributed by atoms with van der Waals surface area (Å²) in [5.41, 5.74) is 3.92. The highest BCUT2D eigenvalue weighted by atomic mass is 16.5. The number of para-hydroxylation sites is 2. The number of carbonyl (C=O) groups excluding carboxylic acids is 1. The molecule has 25 heavy (non-hydrogen) atoms. The third-order valence-corrected chi connectivity index (χ3v) is 4.37. The Morgan fingerprint density at radius 1 is 1.16 bits per heavy atom. The number of hydrogen-bond acceptors (Lipinski definition) is 3. The summed E-state index contributed by atoms with van der Waals surface area (Å²) in [6.07, 6.45) is 0. The molecule has 5 heteroatoms. The van der Waals surface area contributed by atoms with Crippen molar-refractivity contribution in [3.63, 3.8) is 0 Å². The molecule has 1 heterocycles. The number of hydrogen-bond donors (Lipinski definition) is 1. The molecule has 132 valence electrons. The first kappa shape index (κ1) is 17.3. The number of anilines is 3. The molecule has 2 amide bonds. The van der Waals surface area contributed by atoms with Crippen LogP contribution in [0.25, 0.3) is 0 Å². The van der Waals surface area contributed by atoms with Crippen molar-refractivity contribution in [2.45, 2.75) is 13.8 Å². The van der Waals surface area contributed by atoms with Gasteiger partial charge in [0.1, 0.15) is 0 Å². The van der Waals surface area contributed by atoms with E-state index in [-0.39, 0.29) is 6.03 Å². The lowest BCUT2D eigenvalue weighted by molar-refractivity contribution is 0.123. The number of nitrogens with zero attached hydrogens (tertiary/aromatic N) is 2. The van der Waals surface area contributed by atoms with Crippen LogP contribution in [0.3, 0.4) is 0 Å². The molecular weight excluding hydrogens is 314 g/mol. The van der Waals surface area contributed by atoms with Crippen LogP contribution in [-0.2, 0) is 4.74 Å². The lowest BCUT2D eigenvalue weighted by Gasteiger charge is -2.31. The Morgan fingerprint density at radius 2 is 1.92 bits per heavy atom. The van der Waals surface area contributed by atoms with Gasteiger partial charge in [-0.2, -0.15) is 0 Å². The van der Waals surface area contributed by atoms with Crippen molar-refractivity contribution in [2.75, 3.05) is 48.0 Å². The predicted octanol–water partition coefficient (Wildman–Crippen LogP) is 3.89. The standard InChI is InChI=1S/C20H25N3O2/c1-3-23(17-8-6-7-16(2)15-17)20(24)21-18-9-4-5-10-19(18)22-11-13-25-14-12-22/h4-10,15H,3,11-14H2,1-2H3,(H,21,24). The van der Waals surface area contributed by atoms with Gasteiger partial charge < -0.3 is 15.0 Å². The van der Waals surface area contributed by atoms with E-state index < -0.39 is 0 Å². The topological polar surface area (TPSA) is 44.8 Å². The minimum absolute atomic E-state index is 0.117. The SMILES string of the molecule is CCN(C(=O)Nc1ccccc1N1CCOCC1)c1cccc(C)c1. The fraction of sp³-hybridized carbons (Fsp3) is 0.350. The first-order chi connectivity index (χ1) is 12.2. The molecule has 1 aliphatic rings. The monoisotopic (exact) mass is 339 g/mol. The summed E-state index contributed by atoms with van der Waals surface area (Å²) in [5.74, 6) is 0. The van der Waals surface area contributed by atoms with Crippen molar-refractivity contribution in [1.29, 1.82) is 0 Å². The van der Waals surface area contributed by atoms with Gasteiger partial charge in [0, 0.05) is 25.3 Å². The molecule has 0 unspecified atom stereocenters. The summed E-state index contributed by atoms with van der Waals surface area (Å²) in [6.45, 7) is 7.72. The number of benzene rings is 2. The number of carbonyl (C=O) groups is 1. The molecule has 3 rings (SSSR count). The van der Waals surface area contributed by atoms with Crippen LogP contribution in [0, 0.1) is 6.92 Å². The van der Waals surface area contributed by atoms with Crippen LogP contribution in [0.4, 0.5) is 21.9 Å². The maximum atomic E-state index is 12.9. The molecule has 5 nitrogen and oxygen atoms in total. The van der Waals surface area contributed by atoms with E-state index in [1.165, 1.54) is 0 Å². The smallest absolute Gasteiger partial charge is 0.326 e. The Balaban J connectivity index is 1.80. The maximum absolute atomic E-state index is 12.9. The summed E-state index contributed by atoms with van der Waals surface area (Å²) in [4.78, 5) is 16.9. The van der Waals surface area contributed by atoms with Crippen molar-refractivity contribution in [3.05, 3.63) is 54.1 Å². The zero-order valence-corrected chi connectivity index (χ0v) is 14.9. The normalized spacial score (nSPS) is 14.2. The number of aryl methyl sites for hydroxylation is 1. The molecule has 1 N–H and O–H groups in total. The second-order valence-corrected chi connectivity index (χ2v) is 6.13. The fourth-order valence-electron chi connectivity index (χ4n) is 3.08. The highest BCUT2D eigenvalue weighted by Crippen LogP contribution is 2.27. The minimum Gasteiger partial charge on any atom is -0.378 e. The van der Waals surface area contributed by atoms with E-state index >= 15 is 0 Å². The average Bonchev–Trinajstić information content (AvgIpc) is 2.63. The van der Waals surface area contributed by atoms with Crippen molar-refractivity contribution in [2.24, 2.45) is 0 Å². The number of morpholine rings is 1. The molecular formula is C20H25N3O2. The van der Waals surface area contributed by atoms with Crippen LogP contribution in [-0.4, -0.2) is 38.9 Å². The second-order valence-electron chi connectivity index (χ2n) is 6.13. The van der Waals surface area contributed by atoms with Gasteiger partial charge in [0.2, 0.25) is 0 Å². The average molecular weight is 339 g/mol. The molecule has 0 saturated carbocycles. The minimum atomic E-state index is -0.117. The lowest BCUT2D eigenvalue weighted by atomic mass is 10.2. The van der Waals surface area contributed by atoms with Crippen LogP contribution in [0.15, 0.2) is 48.5 Å². The van der Waals surface area contributed by atoms with Gasteiger partial charge in [0.05, 0.1) is 24.6 Å². The number of ether oxygens (including phenoxy) is 1. The van der Waals surface area contributed by atoms with Gasteiger partial charge in [0.15, 0.2) is 0 Å². The van der Waals surface area contributed by atoms with Gasteiger partial charge in [-0.05, 0) is 43.7 Å². The summed E-state index contributed by atoms with van der Waals surface area (Å²) in [5, 5.41) is 3.08. The van der Waals surface area contributed by atoms with Gasteiger partial charge >= 0.3 is 6.03 Å². The van der Waals surface area contributed by atoms with Crippen molar-refractivity contribution >= 4 is 23.1 Å². The molecule has 0 bridgehead atoms. The Labute approximate surface area is 149 Å². The second kappa shape index (κ2) is 8.03. The van der Waals surface area contributed by atoms with Crippen LogP contribution in [0.1, 0.15) is 12.5 Å². The molecule has 0 radical (unpaired) electrons. The van der Waals surface area contributed by atoms with E-state index in [9.17, 15) is 4.79 Å². The summed E-state index contributed by atoms with van der Waals surface area (Å²) < 4.78 is 5.43. The van der Waals surface area contributed by atoms with Crippen LogP contribution in [0.2, 0.25) is 0 Å². The molecule has 0 aromatic heterocycles. The van der Waals surface area contributed by atoms with E-state index in [0.29, 0.717) is 19.8 Å². The van der Waals surface area contributed by atoms with Crippen molar-refractivity contribution in [1.82, 2.24) is 0 Å². The largest absolute Gasteiger partial charge is 0.378 e. The molecule has 0 spiro atoms. The number of rotatable bonds is 4. The van der Waals surface area contributed by atoms with Crippen LogP contribution in [0.5, 0.6) is 0 Å². The predicted molar refractivity (Wildman–Crippen MR) is 103 cm³/mol. The molecule has 1 saturated heterocycles. The van der Waals surface area contributed by atoms with E-state index in [0.717, 1.165) is 35.7 Å². The number of urea groups is 1. The Kier molecular flexibility index (Phi) is 5.56. The molecule has 0 atom stereocenters. The first-order valence-electron chi connectivity index (χ1n) is 8.76. The van der Waals surface area contributed by atoms with E-state index in [1.54, 1.807) is 4.90 Å². The molecule has 0 aliphatic carbocycles. The zero-order valence-electron chi connectivity index (χ0n) is 14.9. The van der Waals surface area contributed by atoms with Gasteiger partial charge in [-0.15, -0.1) is 0 Å². The lowest BCUT2D eigenvalue weighted by Crippen LogP contribution is -2.38. The first-order valence-corrected chi connectivity index (χ1v) is 8.76. The van der Waals surface area contributed by atoms with Gasteiger partial charge in [-0.25, -0.2) is 4.79 Å². The Bertz CT molecular complexity index is 726. The Morgan fingerprint density at radius 3 is 2.64 bits per heavy atom. The summed E-state index contributed by atoms with van der Waals surface area (Å²) in [7, 11) is 0. The molecule has 1 fully saturated rings. The zero-order chi connectivity index (χ0) is 17.6. The van der Waals surface area contributed by atoms with Crippen LogP contribution >= 0.6 is 0 Å².